The van der Waals surface area contributed by atoms with E-state index < -0.39 is 6.09 Å². The molecule has 138 valence electrons. The summed E-state index contributed by atoms with van der Waals surface area (Å²) in [5.41, 5.74) is 0.811. The van der Waals surface area contributed by atoms with E-state index in [2.05, 4.69) is 5.32 Å². The number of hydrogen-bond donors (Lipinski definition) is 2. The maximum absolute atomic E-state index is 11.8. The largest absolute Gasteiger partial charge is 0.465 e. The molecule has 1 aliphatic heterocycles. The molecule has 2 amide bonds. The van der Waals surface area contributed by atoms with Gasteiger partial charge >= 0.3 is 6.09 Å². The van der Waals surface area contributed by atoms with E-state index in [9.17, 15) is 14.7 Å². The van der Waals surface area contributed by atoms with Gasteiger partial charge in [-0.15, -0.1) is 0 Å². The van der Waals surface area contributed by atoms with Crippen LogP contribution in [0.25, 0.3) is 0 Å². The number of thioether (sulfide) groups is 1. The minimum atomic E-state index is -1.00. The molecule has 0 aromatic heterocycles. The maximum atomic E-state index is 11.8. The number of halogens is 2. The van der Waals surface area contributed by atoms with Crippen LogP contribution in [-0.2, 0) is 9.53 Å². The Morgan fingerprint density at radius 3 is 2.80 bits per heavy atom. The number of amides is 2. The zero-order valence-electron chi connectivity index (χ0n) is 13.7. The summed E-state index contributed by atoms with van der Waals surface area (Å²) in [6, 6.07) is 5.22. The van der Waals surface area contributed by atoms with Gasteiger partial charge in [0.15, 0.2) is 0 Å². The molecule has 0 saturated carbocycles. The summed E-state index contributed by atoms with van der Waals surface area (Å²) in [4.78, 5) is 24.5. The molecule has 25 heavy (non-hydrogen) atoms. The standard InChI is InChI=1S/C16H20Cl2N2O4S/c1-25-9-14(21)19-7-11-8-20(16(22)23)4-5-24-15(11)10-2-3-12(17)13(18)6-10/h2-3,6,11,15H,4-5,7-9H2,1H3,(H,19,21)(H,22,23). The SMILES string of the molecule is CSCC(=O)NCC1CN(C(=O)O)CCOC1c1ccc(Cl)c(Cl)c1. The average Bonchev–Trinajstić information content (AvgIpc) is 2.78. The summed E-state index contributed by atoms with van der Waals surface area (Å²) >= 11 is 13.5. The topological polar surface area (TPSA) is 78.9 Å². The van der Waals surface area contributed by atoms with Gasteiger partial charge < -0.3 is 20.1 Å². The molecular formula is C16H20Cl2N2O4S. The lowest BCUT2D eigenvalue weighted by molar-refractivity contribution is -0.119. The number of carbonyl (C=O) groups excluding carboxylic acids is 1. The van der Waals surface area contributed by atoms with Crippen LogP contribution in [0.1, 0.15) is 11.7 Å². The van der Waals surface area contributed by atoms with Crippen molar-refractivity contribution in [1.29, 1.82) is 0 Å². The highest BCUT2D eigenvalue weighted by Crippen LogP contribution is 2.33. The van der Waals surface area contributed by atoms with Crippen LogP contribution in [0.15, 0.2) is 18.2 Å². The van der Waals surface area contributed by atoms with Gasteiger partial charge in [0.2, 0.25) is 5.91 Å². The normalized spacial score (nSPS) is 20.8. The molecule has 1 heterocycles. The first-order chi connectivity index (χ1) is 11.9. The number of hydrogen-bond acceptors (Lipinski definition) is 4. The van der Waals surface area contributed by atoms with Crippen LogP contribution in [0.5, 0.6) is 0 Å². The first-order valence-corrected chi connectivity index (χ1v) is 9.87. The Balaban J connectivity index is 2.21. The summed E-state index contributed by atoms with van der Waals surface area (Å²) in [5, 5.41) is 13.0. The molecule has 6 nitrogen and oxygen atoms in total. The number of carbonyl (C=O) groups is 2. The number of carboxylic acid groups (broad SMARTS) is 1. The molecule has 1 fully saturated rings. The third-order valence-corrected chi connectivity index (χ3v) is 5.21. The van der Waals surface area contributed by atoms with Gasteiger partial charge in [-0.25, -0.2) is 4.79 Å². The highest BCUT2D eigenvalue weighted by Gasteiger charge is 2.31. The fourth-order valence-corrected chi connectivity index (χ4v) is 3.40. The first kappa shape index (κ1) is 20.2. The minimum Gasteiger partial charge on any atom is -0.465 e. The summed E-state index contributed by atoms with van der Waals surface area (Å²) in [6.45, 7) is 1.13. The van der Waals surface area contributed by atoms with E-state index in [-0.39, 0.29) is 37.6 Å². The molecule has 2 rings (SSSR count). The molecule has 9 heteroatoms. The van der Waals surface area contributed by atoms with E-state index in [0.29, 0.717) is 22.3 Å². The molecule has 0 radical (unpaired) electrons. The number of nitrogens with one attached hydrogen (secondary N) is 1. The molecule has 1 aliphatic rings. The smallest absolute Gasteiger partial charge is 0.407 e. The molecule has 0 spiro atoms. The van der Waals surface area contributed by atoms with E-state index in [4.69, 9.17) is 27.9 Å². The highest BCUT2D eigenvalue weighted by atomic mass is 35.5. The van der Waals surface area contributed by atoms with Crippen LogP contribution >= 0.6 is 35.0 Å². The van der Waals surface area contributed by atoms with Crippen molar-refractivity contribution in [2.24, 2.45) is 5.92 Å². The Kier molecular flexibility index (Phi) is 7.68. The van der Waals surface area contributed by atoms with Gasteiger partial charge in [-0.05, 0) is 24.0 Å². The van der Waals surface area contributed by atoms with Crippen molar-refractivity contribution in [3.8, 4) is 0 Å². The summed E-state index contributed by atoms with van der Waals surface area (Å²) in [5.74, 6) is 0.0290. The molecule has 1 saturated heterocycles. The van der Waals surface area contributed by atoms with Crippen LogP contribution in [0.2, 0.25) is 10.0 Å². The van der Waals surface area contributed by atoms with Gasteiger partial charge in [-0.1, -0.05) is 29.3 Å². The molecule has 1 aromatic rings. The van der Waals surface area contributed by atoms with Crippen LogP contribution in [0, 0.1) is 5.92 Å². The Hall–Kier alpha value is -1.15. The molecule has 0 bridgehead atoms. The lowest BCUT2D eigenvalue weighted by Gasteiger charge is -2.27. The van der Waals surface area contributed by atoms with Crippen molar-refractivity contribution in [1.82, 2.24) is 10.2 Å². The fraction of sp³-hybridized carbons (Fsp3) is 0.500. The van der Waals surface area contributed by atoms with Crippen molar-refractivity contribution in [3.63, 3.8) is 0 Å². The Labute approximate surface area is 160 Å². The zero-order chi connectivity index (χ0) is 18.4. The predicted octanol–water partition coefficient (Wildman–Crippen LogP) is 3.14. The number of benzene rings is 1. The van der Waals surface area contributed by atoms with E-state index in [1.807, 2.05) is 12.3 Å². The van der Waals surface area contributed by atoms with E-state index in [1.165, 1.54) is 16.7 Å². The summed E-state index contributed by atoms with van der Waals surface area (Å²) in [6.07, 6.45) is 0.464. The molecule has 0 aliphatic carbocycles. The van der Waals surface area contributed by atoms with Crippen LogP contribution in [0.3, 0.4) is 0 Å². The van der Waals surface area contributed by atoms with Gasteiger partial charge in [0, 0.05) is 25.6 Å². The third-order valence-electron chi connectivity index (χ3n) is 3.92. The molecule has 2 atom stereocenters. The van der Waals surface area contributed by atoms with E-state index in [0.717, 1.165) is 5.56 Å². The van der Waals surface area contributed by atoms with Crippen molar-refractivity contribution in [3.05, 3.63) is 33.8 Å². The second kappa shape index (κ2) is 9.52. The van der Waals surface area contributed by atoms with Crippen LogP contribution in [-0.4, -0.2) is 60.3 Å². The molecule has 2 unspecified atom stereocenters. The lowest BCUT2D eigenvalue weighted by Crippen LogP contribution is -2.40. The molecule has 2 N–H and O–H groups in total. The van der Waals surface area contributed by atoms with Crippen molar-refractivity contribution in [2.45, 2.75) is 6.10 Å². The predicted molar refractivity (Wildman–Crippen MR) is 99.6 cm³/mol. The van der Waals surface area contributed by atoms with Gasteiger partial charge in [0.25, 0.3) is 0 Å². The van der Waals surface area contributed by atoms with Crippen molar-refractivity contribution < 1.29 is 19.4 Å². The Morgan fingerprint density at radius 2 is 2.16 bits per heavy atom. The Morgan fingerprint density at radius 1 is 1.40 bits per heavy atom. The Bertz CT molecular complexity index is 632. The summed E-state index contributed by atoms with van der Waals surface area (Å²) < 4.78 is 5.91. The van der Waals surface area contributed by atoms with Crippen molar-refractivity contribution in [2.75, 3.05) is 38.2 Å². The second-order valence-corrected chi connectivity index (χ2v) is 7.37. The maximum Gasteiger partial charge on any atom is 0.407 e. The number of ether oxygens (including phenoxy) is 1. The van der Waals surface area contributed by atoms with Gasteiger partial charge in [-0.2, -0.15) is 11.8 Å². The quantitative estimate of drug-likeness (QED) is 0.784. The van der Waals surface area contributed by atoms with Gasteiger partial charge in [-0.3, -0.25) is 4.79 Å². The lowest BCUT2D eigenvalue weighted by atomic mass is 9.95. The van der Waals surface area contributed by atoms with Crippen LogP contribution in [0.4, 0.5) is 4.79 Å². The van der Waals surface area contributed by atoms with Gasteiger partial charge in [0.05, 0.1) is 28.5 Å². The minimum absolute atomic E-state index is 0.0912. The van der Waals surface area contributed by atoms with E-state index in [1.54, 1.807) is 12.1 Å². The highest BCUT2D eigenvalue weighted by molar-refractivity contribution is 7.99. The number of rotatable bonds is 5. The van der Waals surface area contributed by atoms with Gasteiger partial charge in [0.1, 0.15) is 0 Å². The average molecular weight is 407 g/mol. The zero-order valence-corrected chi connectivity index (χ0v) is 16.0. The third kappa shape index (κ3) is 5.67. The van der Waals surface area contributed by atoms with E-state index >= 15 is 0 Å². The monoisotopic (exact) mass is 406 g/mol. The van der Waals surface area contributed by atoms with Crippen LogP contribution < -0.4 is 5.32 Å². The fourth-order valence-electron chi connectivity index (χ4n) is 2.73. The van der Waals surface area contributed by atoms with Crippen molar-refractivity contribution >= 4 is 47.0 Å². The number of nitrogens with zero attached hydrogens (tertiary/aromatic N) is 1. The second-order valence-electron chi connectivity index (χ2n) is 5.69. The summed E-state index contributed by atoms with van der Waals surface area (Å²) in [7, 11) is 0. The molecular weight excluding hydrogens is 387 g/mol. The molecule has 1 aromatic carbocycles. The first-order valence-electron chi connectivity index (χ1n) is 7.72.